The van der Waals surface area contributed by atoms with E-state index >= 15 is 0 Å². The third kappa shape index (κ3) is 3.46. The van der Waals surface area contributed by atoms with Crippen molar-refractivity contribution in [2.24, 2.45) is 0 Å². The van der Waals surface area contributed by atoms with Crippen molar-refractivity contribution in [3.8, 4) is 5.75 Å². The van der Waals surface area contributed by atoms with Gasteiger partial charge in [-0.1, -0.05) is 31.9 Å². The van der Waals surface area contributed by atoms with Gasteiger partial charge in [0.05, 0.1) is 16.4 Å². The predicted molar refractivity (Wildman–Crippen MR) is 85.5 cm³/mol. The van der Waals surface area contributed by atoms with E-state index in [0.29, 0.717) is 10.0 Å². The number of rotatable bonds is 3. The molecule has 0 radical (unpaired) electrons. The topological polar surface area (TPSA) is 9.23 Å². The van der Waals surface area contributed by atoms with Crippen molar-refractivity contribution in [3.63, 3.8) is 0 Å². The van der Waals surface area contributed by atoms with Crippen LogP contribution in [-0.4, -0.2) is 7.11 Å². The highest BCUT2D eigenvalue weighted by Gasteiger charge is 2.24. The van der Waals surface area contributed by atoms with Gasteiger partial charge < -0.3 is 4.74 Å². The SMILES string of the molecule is COc1cc(F)c(Br)cc1C(Br)c1c(F)cc(Br)cc1F. The number of ether oxygens (including phenoxy) is 1. The lowest BCUT2D eigenvalue weighted by Crippen LogP contribution is -2.04. The van der Waals surface area contributed by atoms with Crippen LogP contribution in [0.25, 0.3) is 0 Å². The van der Waals surface area contributed by atoms with Crippen LogP contribution >= 0.6 is 47.8 Å². The summed E-state index contributed by atoms with van der Waals surface area (Å²) >= 11 is 9.33. The monoisotopic (exact) mass is 486 g/mol. The minimum absolute atomic E-state index is 0.171. The fourth-order valence-electron chi connectivity index (χ4n) is 1.87. The Labute approximate surface area is 144 Å². The van der Waals surface area contributed by atoms with Crippen molar-refractivity contribution in [1.82, 2.24) is 0 Å². The average molecular weight is 489 g/mol. The van der Waals surface area contributed by atoms with Gasteiger partial charge in [-0.25, -0.2) is 13.2 Å². The van der Waals surface area contributed by atoms with Gasteiger partial charge in [-0.05, 0) is 34.1 Å². The number of alkyl halides is 1. The smallest absolute Gasteiger partial charge is 0.141 e. The molecule has 0 saturated heterocycles. The van der Waals surface area contributed by atoms with Crippen LogP contribution in [0.15, 0.2) is 33.2 Å². The van der Waals surface area contributed by atoms with E-state index in [2.05, 4.69) is 47.8 Å². The summed E-state index contributed by atoms with van der Waals surface area (Å²) in [7, 11) is 1.36. The van der Waals surface area contributed by atoms with Crippen LogP contribution in [0.3, 0.4) is 0 Å². The molecule has 2 aromatic rings. The highest BCUT2D eigenvalue weighted by molar-refractivity contribution is 9.10. The number of benzene rings is 2. The van der Waals surface area contributed by atoms with Gasteiger partial charge in [0.1, 0.15) is 23.2 Å². The van der Waals surface area contributed by atoms with Crippen molar-refractivity contribution in [2.75, 3.05) is 7.11 Å². The Kier molecular flexibility index (Phi) is 5.38. The molecule has 7 heteroatoms. The zero-order valence-electron chi connectivity index (χ0n) is 10.6. The van der Waals surface area contributed by atoms with Crippen LogP contribution in [0, 0.1) is 17.5 Å². The Morgan fingerprint density at radius 1 is 0.952 bits per heavy atom. The lowest BCUT2D eigenvalue weighted by Gasteiger charge is -2.17. The quantitative estimate of drug-likeness (QED) is 0.473. The van der Waals surface area contributed by atoms with E-state index in [0.717, 1.165) is 18.2 Å². The van der Waals surface area contributed by atoms with Crippen LogP contribution < -0.4 is 4.74 Å². The zero-order chi connectivity index (χ0) is 15.7. The molecule has 0 saturated carbocycles. The molecule has 21 heavy (non-hydrogen) atoms. The summed E-state index contributed by atoms with van der Waals surface area (Å²) < 4.78 is 47.2. The molecule has 0 aromatic heterocycles. The highest BCUT2D eigenvalue weighted by Crippen LogP contribution is 2.41. The molecule has 1 nitrogen and oxygen atoms in total. The molecule has 112 valence electrons. The number of hydrogen-bond donors (Lipinski definition) is 0. The van der Waals surface area contributed by atoms with Gasteiger partial charge in [-0.2, -0.15) is 0 Å². The summed E-state index contributed by atoms with van der Waals surface area (Å²) in [5.74, 6) is -1.76. The zero-order valence-corrected chi connectivity index (χ0v) is 15.3. The van der Waals surface area contributed by atoms with Crippen molar-refractivity contribution < 1.29 is 17.9 Å². The van der Waals surface area contributed by atoms with E-state index < -0.39 is 22.3 Å². The average Bonchev–Trinajstić information content (AvgIpc) is 2.39. The molecule has 0 aliphatic rings. The highest BCUT2D eigenvalue weighted by atomic mass is 79.9. The van der Waals surface area contributed by atoms with Gasteiger partial charge in [0.15, 0.2) is 0 Å². The lowest BCUT2D eigenvalue weighted by molar-refractivity contribution is 0.406. The second-order valence-electron chi connectivity index (χ2n) is 4.15. The molecule has 0 heterocycles. The van der Waals surface area contributed by atoms with E-state index in [1.807, 2.05) is 0 Å². The maximum absolute atomic E-state index is 14.0. The fourth-order valence-corrected chi connectivity index (χ4v) is 3.43. The van der Waals surface area contributed by atoms with Crippen LogP contribution in [0.2, 0.25) is 0 Å². The first-order valence-corrected chi connectivity index (χ1v) is 8.16. The largest absolute Gasteiger partial charge is 0.496 e. The fraction of sp³-hybridized carbons (Fsp3) is 0.143. The molecule has 0 fully saturated rings. The maximum atomic E-state index is 14.0. The Hall–Kier alpha value is -0.530. The Morgan fingerprint density at radius 3 is 2.05 bits per heavy atom. The standard InChI is InChI=1S/C14H8Br3F3O/c1-21-12-5-9(18)8(16)4-7(12)14(17)13-10(19)2-6(15)3-11(13)20/h2-5,14H,1H3. The van der Waals surface area contributed by atoms with Gasteiger partial charge in [0, 0.05) is 21.7 Å². The van der Waals surface area contributed by atoms with Crippen LogP contribution in [0.5, 0.6) is 5.75 Å². The van der Waals surface area contributed by atoms with Crippen LogP contribution in [0.1, 0.15) is 16.0 Å². The summed E-state index contributed by atoms with van der Waals surface area (Å²) in [5.41, 5.74) is 0.237. The van der Waals surface area contributed by atoms with E-state index in [9.17, 15) is 13.2 Å². The van der Waals surface area contributed by atoms with Gasteiger partial charge in [-0.15, -0.1) is 0 Å². The van der Waals surface area contributed by atoms with E-state index in [1.165, 1.54) is 13.2 Å². The normalized spacial score (nSPS) is 12.3. The van der Waals surface area contributed by atoms with Crippen molar-refractivity contribution >= 4 is 47.8 Å². The van der Waals surface area contributed by atoms with Gasteiger partial charge in [0.2, 0.25) is 0 Å². The van der Waals surface area contributed by atoms with Crippen LogP contribution in [0.4, 0.5) is 13.2 Å². The number of methoxy groups -OCH3 is 1. The first-order chi connectivity index (χ1) is 9.85. The van der Waals surface area contributed by atoms with Crippen LogP contribution in [-0.2, 0) is 0 Å². The molecule has 1 atom stereocenters. The summed E-state index contributed by atoms with van der Waals surface area (Å²) in [4.78, 5) is -0.822. The Balaban J connectivity index is 2.60. The lowest BCUT2D eigenvalue weighted by atomic mass is 10.0. The number of hydrogen-bond acceptors (Lipinski definition) is 1. The minimum atomic E-state index is -0.822. The molecule has 1 unspecified atom stereocenters. The number of halogens is 6. The first kappa shape index (κ1) is 16.8. The second kappa shape index (κ2) is 6.71. The summed E-state index contributed by atoms with van der Waals surface area (Å²) in [6.07, 6.45) is 0. The van der Waals surface area contributed by atoms with Crippen molar-refractivity contribution in [3.05, 3.63) is 61.8 Å². The summed E-state index contributed by atoms with van der Waals surface area (Å²) in [6, 6.07) is 4.91. The van der Waals surface area contributed by atoms with E-state index in [4.69, 9.17) is 4.74 Å². The molecular weight excluding hydrogens is 481 g/mol. The van der Waals surface area contributed by atoms with Crippen molar-refractivity contribution in [1.29, 1.82) is 0 Å². The van der Waals surface area contributed by atoms with E-state index in [1.54, 1.807) is 0 Å². The maximum Gasteiger partial charge on any atom is 0.141 e. The molecule has 0 amide bonds. The van der Waals surface area contributed by atoms with E-state index in [-0.39, 0.29) is 15.8 Å². The molecule has 0 aliphatic heterocycles. The molecule has 0 aliphatic carbocycles. The first-order valence-electron chi connectivity index (χ1n) is 5.66. The molecule has 0 N–H and O–H groups in total. The third-order valence-electron chi connectivity index (χ3n) is 2.84. The van der Waals surface area contributed by atoms with Gasteiger partial charge in [-0.3, -0.25) is 0 Å². The second-order valence-corrected chi connectivity index (χ2v) is 6.84. The predicted octanol–water partition coefficient (Wildman–Crippen LogP) is 6.12. The Morgan fingerprint density at radius 2 is 1.52 bits per heavy atom. The minimum Gasteiger partial charge on any atom is -0.496 e. The molecule has 2 rings (SSSR count). The molecule has 0 bridgehead atoms. The molecule has 0 spiro atoms. The third-order valence-corrected chi connectivity index (χ3v) is 4.86. The van der Waals surface area contributed by atoms with Gasteiger partial charge >= 0.3 is 0 Å². The van der Waals surface area contributed by atoms with Gasteiger partial charge in [0.25, 0.3) is 0 Å². The molecular formula is C14H8Br3F3O. The molecule has 2 aromatic carbocycles. The van der Waals surface area contributed by atoms with Crippen molar-refractivity contribution in [2.45, 2.75) is 4.83 Å². The summed E-state index contributed by atoms with van der Waals surface area (Å²) in [5, 5.41) is 0. The summed E-state index contributed by atoms with van der Waals surface area (Å²) in [6.45, 7) is 0. The Bertz CT molecular complexity index is 668.